The SMILES string of the molecule is Cc1cccc(NC(=O)c2ccc(N)cc2Cl)c1. The number of rotatable bonds is 2. The number of nitrogen functional groups attached to an aromatic ring is 1. The first-order chi connectivity index (χ1) is 8.56. The molecule has 0 radical (unpaired) electrons. The monoisotopic (exact) mass is 260 g/mol. The van der Waals surface area contributed by atoms with Gasteiger partial charge in [-0.1, -0.05) is 23.7 Å². The van der Waals surface area contributed by atoms with Gasteiger partial charge in [0.15, 0.2) is 0 Å². The number of anilines is 2. The Hall–Kier alpha value is -2.00. The molecule has 3 N–H and O–H groups in total. The molecule has 0 unspecified atom stereocenters. The van der Waals surface area contributed by atoms with Crippen LogP contribution in [0.15, 0.2) is 42.5 Å². The molecule has 0 saturated carbocycles. The van der Waals surface area contributed by atoms with Crippen molar-refractivity contribution < 1.29 is 4.79 Å². The van der Waals surface area contributed by atoms with Gasteiger partial charge in [-0.25, -0.2) is 0 Å². The lowest BCUT2D eigenvalue weighted by Gasteiger charge is -2.07. The van der Waals surface area contributed by atoms with E-state index in [1.54, 1.807) is 18.2 Å². The lowest BCUT2D eigenvalue weighted by Crippen LogP contribution is -2.12. The quantitative estimate of drug-likeness (QED) is 0.812. The van der Waals surface area contributed by atoms with Crippen molar-refractivity contribution in [3.8, 4) is 0 Å². The molecule has 0 aromatic heterocycles. The predicted molar refractivity (Wildman–Crippen MR) is 75.0 cm³/mol. The molecule has 0 spiro atoms. The Bertz CT molecular complexity index is 596. The van der Waals surface area contributed by atoms with Crippen LogP contribution in [-0.2, 0) is 0 Å². The molecular formula is C14H13ClN2O. The third-order valence-electron chi connectivity index (χ3n) is 2.51. The second-order valence-corrected chi connectivity index (χ2v) is 4.47. The number of amides is 1. The summed E-state index contributed by atoms with van der Waals surface area (Å²) in [6.45, 7) is 1.96. The third-order valence-corrected chi connectivity index (χ3v) is 2.83. The van der Waals surface area contributed by atoms with E-state index in [1.807, 2.05) is 31.2 Å². The molecule has 0 fully saturated rings. The van der Waals surface area contributed by atoms with Gasteiger partial charge < -0.3 is 11.1 Å². The van der Waals surface area contributed by atoms with Gasteiger partial charge in [0.25, 0.3) is 5.91 Å². The molecule has 92 valence electrons. The number of carbonyl (C=O) groups is 1. The molecule has 0 bridgehead atoms. The normalized spacial score (nSPS) is 10.1. The summed E-state index contributed by atoms with van der Waals surface area (Å²) in [5.41, 5.74) is 8.35. The van der Waals surface area contributed by atoms with Crippen LogP contribution in [0.5, 0.6) is 0 Å². The summed E-state index contributed by atoms with van der Waals surface area (Å²) < 4.78 is 0. The zero-order valence-electron chi connectivity index (χ0n) is 9.91. The van der Waals surface area contributed by atoms with Gasteiger partial charge in [0.05, 0.1) is 10.6 Å². The first-order valence-corrected chi connectivity index (χ1v) is 5.87. The first kappa shape index (κ1) is 12.5. The summed E-state index contributed by atoms with van der Waals surface area (Å²) in [5.74, 6) is -0.245. The minimum atomic E-state index is -0.245. The maximum atomic E-state index is 12.0. The number of nitrogens with one attached hydrogen (secondary N) is 1. The molecule has 3 nitrogen and oxygen atoms in total. The molecular weight excluding hydrogens is 248 g/mol. The summed E-state index contributed by atoms with van der Waals surface area (Å²) in [6.07, 6.45) is 0. The van der Waals surface area contributed by atoms with Crippen molar-refractivity contribution in [3.05, 3.63) is 58.6 Å². The summed E-state index contributed by atoms with van der Waals surface area (Å²) in [6, 6.07) is 12.4. The minimum Gasteiger partial charge on any atom is -0.399 e. The van der Waals surface area contributed by atoms with Crippen molar-refractivity contribution in [1.29, 1.82) is 0 Å². The van der Waals surface area contributed by atoms with Crippen LogP contribution in [-0.4, -0.2) is 5.91 Å². The van der Waals surface area contributed by atoms with E-state index >= 15 is 0 Å². The fourth-order valence-corrected chi connectivity index (χ4v) is 1.91. The fourth-order valence-electron chi connectivity index (χ4n) is 1.64. The smallest absolute Gasteiger partial charge is 0.257 e. The van der Waals surface area contributed by atoms with E-state index in [-0.39, 0.29) is 5.91 Å². The molecule has 0 aliphatic rings. The Labute approximate surface area is 111 Å². The molecule has 18 heavy (non-hydrogen) atoms. The molecule has 4 heteroatoms. The number of carbonyl (C=O) groups excluding carboxylic acids is 1. The fraction of sp³-hybridized carbons (Fsp3) is 0.0714. The van der Waals surface area contributed by atoms with Crippen LogP contribution >= 0.6 is 11.6 Å². The van der Waals surface area contributed by atoms with E-state index in [9.17, 15) is 4.79 Å². The number of hydrogen-bond acceptors (Lipinski definition) is 2. The summed E-state index contributed by atoms with van der Waals surface area (Å²) in [7, 11) is 0. The number of benzene rings is 2. The minimum absolute atomic E-state index is 0.245. The lowest BCUT2D eigenvalue weighted by molar-refractivity contribution is 0.102. The van der Waals surface area contributed by atoms with Gasteiger partial charge in [-0.2, -0.15) is 0 Å². The highest BCUT2D eigenvalue weighted by molar-refractivity contribution is 6.34. The van der Waals surface area contributed by atoms with Crippen LogP contribution in [0, 0.1) is 6.92 Å². The van der Waals surface area contributed by atoms with Crippen LogP contribution in [0.25, 0.3) is 0 Å². The van der Waals surface area contributed by atoms with Crippen molar-refractivity contribution in [3.63, 3.8) is 0 Å². The Morgan fingerprint density at radius 1 is 1.22 bits per heavy atom. The second kappa shape index (κ2) is 5.10. The lowest BCUT2D eigenvalue weighted by atomic mass is 10.1. The average Bonchev–Trinajstić information content (AvgIpc) is 2.28. The molecule has 0 atom stereocenters. The van der Waals surface area contributed by atoms with E-state index in [0.717, 1.165) is 11.3 Å². The van der Waals surface area contributed by atoms with Gasteiger partial charge in [0.2, 0.25) is 0 Å². The zero-order valence-corrected chi connectivity index (χ0v) is 10.7. The second-order valence-electron chi connectivity index (χ2n) is 4.06. The highest BCUT2D eigenvalue weighted by Gasteiger charge is 2.10. The molecule has 2 aromatic carbocycles. The Morgan fingerprint density at radius 2 is 2.00 bits per heavy atom. The predicted octanol–water partition coefficient (Wildman–Crippen LogP) is 3.48. The van der Waals surface area contributed by atoms with Crippen LogP contribution in [0.2, 0.25) is 5.02 Å². The van der Waals surface area contributed by atoms with Gasteiger partial charge in [0, 0.05) is 11.4 Å². The summed E-state index contributed by atoms with van der Waals surface area (Å²) in [4.78, 5) is 12.0. The molecule has 0 saturated heterocycles. The molecule has 2 rings (SSSR count). The topological polar surface area (TPSA) is 55.1 Å². The van der Waals surface area contributed by atoms with E-state index < -0.39 is 0 Å². The van der Waals surface area contributed by atoms with Crippen molar-refractivity contribution in [1.82, 2.24) is 0 Å². The van der Waals surface area contributed by atoms with Crippen molar-refractivity contribution in [2.75, 3.05) is 11.1 Å². The van der Waals surface area contributed by atoms with Crippen LogP contribution < -0.4 is 11.1 Å². The maximum absolute atomic E-state index is 12.0. The highest BCUT2D eigenvalue weighted by atomic mass is 35.5. The number of hydrogen-bond donors (Lipinski definition) is 2. The van der Waals surface area contributed by atoms with Gasteiger partial charge >= 0.3 is 0 Å². The maximum Gasteiger partial charge on any atom is 0.257 e. The molecule has 0 aliphatic heterocycles. The van der Waals surface area contributed by atoms with Crippen molar-refractivity contribution in [2.24, 2.45) is 0 Å². The molecule has 1 amide bonds. The van der Waals surface area contributed by atoms with Crippen LogP contribution in [0.4, 0.5) is 11.4 Å². The third kappa shape index (κ3) is 2.81. The highest BCUT2D eigenvalue weighted by Crippen LogP contribution is 2.20. The number of aryl methyl sites for hydroxylation is 1. The zero-order chi connectivity index (χ0) is 13.1. The summed E-state index contributed by atoms with van der Waals surface area (Å²) >= 11 is 5.98. The van der Waals surface area contributed by atoms with Crippen molar-refractivity contribution in [2.45, 2.75) is 6.92 Å². The van der Waals surface area contributed by atoms with E-state index in [0.29, 0.717) is 16.3 Å². The van der Waals surface area contributed by atoms with Gasteiger partial charge in [-0.3, -0.25) is 4.79 Å². The van der Waals surface area contributed by atoms with Crippen molar-refractivity contribution >= 4 is 28.9 Å². The standard InChI is InChI=1S/C14H13ClN2O/c1-9-3-2-4-11(7-9)17-14(18)12-6-5-10(16)8-13(12)15/h2-8H,16H2,1H3,(H,17,18). The van der Waals surface area contributed by atoms with Gasteiger partial charge in [0.1, 0.15) is 0 Å². The summed E-state index contributed by atoms with van der Waals surface area (Å²) in [5, 5.41) is 3.14. The molecule has 2 aromatic rings. The number of nitrogens with two attached hydrogens (primary N) is 1. The van der Waals surface area contributed by atoms with E-state index in [2.05, 4.69) is 5.32 Å². The average molecular weight is 261 g/mol. The number of halogens is 1. The Balaban J connectivity index is 2.22. The van der Waals surface area contributed by atoms with E-state index in [1.165, 1.54) is 0 Å². The van der Waals surface area contributed by atoms with E-state index in [4.69, 9.17) is 17.3 Å². The first-order valence-electron chi connectivity index (χ1n) is 5.49. The van der Waals surface area contributed by atoms with Crippen LogP contribution in [0.1, 0.15) is 15.9 Å². The van der Waals surface area contributed by atoms with Gasteiger partial charge in [-0.15, -0.1) is 0 Å². The Morgan fingerprint density at radius 3 is 2.67 bits per heavy atom. The largest absolute Gasteiger partial charge is 0.399 e. The molecule has 0 aliphatic carbocycles. The van der Waals surface area contributed by atoms with Crippen LogP contribution in [0.3, 0.4) is 0 Å². The van der Waals surface area contributed by atoms with Gasteiger partial charge in [-0.05, 0) is 42.8 Å². The molecule has 0 heterocycles. The Kier molecular flexibility index (Phi) is 3.53.